The lowest BCUT2D eigenvalue weighted by Crippen LogP contribution is -2.43. The first-order valence-electron chi connectivity index (χ1n) is 5.74. The molecule has 0 bridgehead atoms. The Morgan fingerprint density at radius 3 is 2.86 bits per heavy atom. The average Bonchev–Trinajstić information content (AvgIpc) is 2.42. The van der Waals surface area contributed by atoms with Crippen LogP contribution in [-0.2, 0) is 4.74 Å². The highest BCUT2D eigenvalue weighted by atomic mass is 16.5. The van der Waals surface area contributed by atoms with Crippen molar-refractivity contribution in [3.63, 3.8) is 0 Å². The van der Waals surface area contributed by atoms with Crippen LogP contribution in [0, 0.1) is 0 Å². The number of likely N-dealkylation sites (tertiary alicyclic amines) is 1. The van der Waals surface area contributed by atoms with Gasteiger partial charge < -0.3 is 10.5 Å². The van der Waals surface area contributed by atoms with E-state index >= 15 is 0 Å². The van der Waals surface area contributed by atoms with Crippen LogP contribution in [0.3, 0.4) is 0 Å². The number of rotatable bonds is 4. The molecule has 0 aromatic heterocycles. The largest absolute Gasteiger partial charge is 0.380 e. The van der Waals surface area contributed by atoms with Crippen LogP contribution in [0.5, 0.6) is 0 Å². The molecule has 3 nitrogen and oxygen atoms in total. The molecule has 0 aromatic rings. The molecular formula is C11H24N2O. The second-order valence-corrected chi connectivity index (χ2v) is 4.28. The van der Waals surface area contributed by atoms with E-state index in [1.54, 1.807) is 7.11 Å². The highest BCUT2D eigenvalue weighted by Crippen LogP contribution is 2.16. The summed E-state index contributed by atoms with van der Waals surface area (Å²) in [6.07, 6.45) is 5.58. The Hall–Kier alpha value is -0.120. The van der Waals surface area contributed by atoms with E-state index in [-0.39, 0.29) is 0 Å². The molecule has 1 aliphatic rings. The molecule has 2 unspecified atom stereocenters. The zero-order valence-corrected chi connectivity index (χ0v) is 9.54. The molecule has 1 aliphatic heterocycles. The molecule has 0 amide bonds. The van der Waals surface area contributed by atoms with Gasteiger partial charge in [-0.3, -0.25) is 4.90 Å². The van der Waals surface area contributed by atoms with Crippen LogP contribution in [-0.4, -0.2) is 43.8 Å². The Labute approximate surface area is 87.6 Å². The number of hydrogen-bond acceptors (Lipinski definition) is 3. The molecule has 0 spiro atoms. The van der Waals surface area contributed by atoms with E-state index < -0.39 is 0 Å². The SMILES string of the molecule is COC(C)CN1CCCCCC1CN. The van der Waals surface area contributed by atoms with Crippen molar-refractivity contribution in [1.29, 1.82) is 0 Å². The maximum Gasteiger partial charge on any atom is 0.0670 e. The number of methoxy groups -OCH3 is 1. The zero-order chi connectivity index (χ0) is 10.4. The lowest BCUT2D eigenvalue weighted by Gasteiger charge is -2.30. The van der Waals surface area contributed by atoms with Crippen molar-refractivity contribution in [1.82, 2.24) is 4.90 Å². The van der Waals surface area contributed by atoms with Gasteiger partial charge in [-0.15, -0.1) is 0 Å². The number of ether oxygens (including phenoxy) is 1. The third-order valence-electron chi connectivity index (χ3n) is 3.17. The van der Waals surface area contributed by atoms with Crippen molar-refractivity contribution >= 4 is 0 Å². The van der Waals surface area contributed by atoms with Crippen LogP contribution in [0.1, 0.15) is 32.6 Å². The van der Waals surface area contributed by atoms with Gasteiger partial charge in [-0.1, -0.05) is 12.8 Å². The van der Waals surface area contributed by atoms with Crippen LogP contribution < -0.4 is 5.73 Å². The monoisotopic (exact) mass is 200 g/mol. The summed E-state index contributed by atoms with van der Waals surface area (Å²) in [7, 11) is 1.78. The van der Waals surface area contributed by atoms with Gasteiger partial charge in [0.15, 0.2) is 0 Å². The molecule has 0 saturated carbocycles. The smallest absolute Gasteiger partial charge is 0.0670 e. The summed E-state index contributed by atoms with van der Waals surface area (Å²) >= 11 is 0. The van der Waals surface area contributed by atoms with Crippen molar-refractivity contribution in [3.8, 4) is 0 Å². The van der Waals surface area contributed by atoms with Gasteiger partial charge in [-0.05, 0) is 26.3 Å². The molecule has 2 atom stereocenters. The van der Waals surface area contributed by atoms with E-state index in [0.29, 0.717) is 12.1 Å². The van der Waals surface area contributed by atoms with Gasteiger partial charge in [0.25, 0.3) is 0 Å². The highest BCUT2D eigenvalue weighted by Gasteiger charge is 2.20. The van der Waals surface area contributed by atoms with E-state index in [1.807, 2.05) is 0 Å². The molecule has 0 aromatic carbocycles. The number of hydrogen-bond donors (Lipinski definition) is 1. The minimum absolute atomic E-state index is 0.321. The van der Waals surface area contributed by atoms with Gasteiger partial charge in [-0.25, -0.2) is 0 Å². The van der Waals surface area contributed by atoms with E-state index in [9.17, 15) is 0 Å². The van der Waals surface area contributed by atoms with E-state index in [2.05, 4.69) is 11.8 Å². The second kappa shape index (κ2) is 6.38. The molecule has 0 radical (unpaired) electrons. The normalized spacial score (nSPS) is 27.2. The fraction of sp³-hybridized carbons (Fsp3) is 1.00. The van der Waals surface area contributed by atoms with Gasteiger partial charge in [0.1, 0.15) is 0 Å². The van der Waals surface area contributed by atoms with Gasteiger partial charge in [-0.2, -0.15) is 0 Å². The first-order valence-corrected chi connectivity index (χ1v) is 5.74. The predicted octanol–water partition coefficient (Wildman–Crippen LogP) is 1.22. The Balaban J connectivity index is 2.43. The Morgan fingerprint density at radius 1 is 1.43 bits per heavy atom. The van der Waals surface area contributed by atoms with Gasteiger partial charge >= 0.3 is 0 Å². The molecule has 1 rings (SSSR count). The molecule has 14 heavy (non-hydrogen) atoms. The first-order chi connectivity index (χ1) is 6.77. The molecule has 1 heterocycles. The van der Waals surface area contributed by atoms with Crippen molar-refractivity contribution in [2.45, 2.75) is 44.8 Å². The quantitative estimate of drug-likeness (QED) is 0.741. The topological polar surface area (TPSA) is 38.5 Å². The number of nitrogens with zero attached hydrogens (tertiary/aromatic N) is 1. The summed E-state index contributed by atoms with van der Waals surface area (Å²) in [4.78, 5) is 2.50. The Kier molecular flexibility index (Phi) is 5.45. The average molecular weight is 200 g/mol. The van der Waals surface area contributed by atoms with Gasteiger partial charge in [0.2, 0.25) is 0 Å². The van der Waals surface area contributed by atoms with Crippen molar-refractivity contribution in [2.75, 3.05) is 26.7 Å². The second-order valence-electron chi connectivity index (χ2n) is 4.28. The maximum absolute atomic E-state index is 5.80. The van der Waals surface area contributed by atoms with Crippen LogP contribution in [0.15, 0.2) is 0 Å². The van der Waals surface area contributed by atoms with Crippen molar-refractivity contribution in [2.24, 2.45) is 5.73 Å². The molecule has 2 N–H and O–H groups in total. The van der Waals surface area contributed by atoms with Gasteiger partial charge in [0, 0.05) is 26.2 Å². The summed E-state index contributed by atoms with van der Waals surface area (Å²) in [5.74, 6) is 0. The standard InChI is InChI=1S/C11H24N2O/c1-10(14-2)9-13-7-5-3-4-6-11(13)8-12/h10-11H,3-9,12H2,1-2H3. The molecule has 0 aliphatic carbocycles. The summed E-state index contributed by atoms with van der Waals surface area (Å²) in [5.41, 5.74) is 5.80. The van der Waals surface area contributed by atoms with E-state index in [1.165, 1.54) is 32.2 Å². The summed E-state index contributed by atoms with van der Waals surface area (Å²) in [5, 5.41) is 0. The molecular weight excluding hydrogens is 176 g/mol. The fourth-order valence-electron chi connectivity index (χ4n) is 2.15. The Bertz CT molecular complexity index is 152. The summed E-state index contributed by atoms with van der Waals surface area (Å²) in [6.45, 7) is 5.13. The lowest BCUT2D eigenvalue weighted by molar-refractivity contribution is 0.0621. The van der Waals surface area contributed by atoms with Crippen LogP contribution >= 0.6 is 0 Å². The summed E-state index contributed by atoms with van der Waals surface area (Å²) < 4.78 is 5.30. The molecule has 1 saturated heterocycles. The van der Waals surface area contributed by atoms with Crippen LogP contribution in [0.25, 0.3) is 0 Å². The summed E-state index contributed by atoms with van der Waals surface area (Å²) in [6, 6.07) is 0.579. The fourth-order valence-corrected chi connectivity index (χ4v) is 2.15. The van der Waals surface area contributed by atoms with E-state index in [4.69, 9.17) is 10.5 Å². The molecule has 3 heteroatoms. The predicted molar refractivity (Wildman–Crippen MR) is 59.4 cm³/mol. The van der Waals surface area contributed by atoms with Crippen molar-refractivity contribution in [3.05, 3.63) is 0 Å². The lowest BCUT2D eigenvalue weighted by atomic mass is 10.1. The van der Waals surface area contributed by atoms with Crippen molar-refractivity contribution < 1.29 is 4.74 Å². The van der Waals surface area contributed by atoms with Crippen LogP contribution in [0.2, 0.25) is 0 Å². The van der Waals surface area contributed by atoms with Crippen LogP contribution in [0.4, 0.5) is 0 Å². The van der Waals surface area contributed by atoms with Gasteiger partial charge in [0.05, 0.1) is 6.10 Å². The third-order valence-corrected chi connectivity index (χ3v) is 3.17. The molecule has 84 valence electrons. The van der Waals surface area contributed by atoms with E-state index in [0.717, 1.165) is 13.1 Å². The first kappa shape index (κ1) is 12.0. The Morgan fingerprint density at radius 2 is 2.21 bits per heavy atom. The minimum Gasteiger partial charge on any atom is -0.380 e. The minimum atomic E-state index is 0.321. The number of nitrogens with two attached hydrogens (primary N) is 1. The third kappa shape index (κ3) is 3.56. The highest BCUT2D eigenvalue weighted by molar-refractivity contribution is 4.77. The molecule has 1 fully saturated rings. The maximum atomic E-state index is 5.80. The zero-order valence-electron chi connectivity index (χ0n) is 9.54.